The Morgan fingerprint density at radius 3 is 2.18 bits per heavy atom. The van der Waals surface area contributed by atoms with E-state index in [2.05, 4.69) is 39.4 Å². The molecule has 0 bridgehead atoms. The molecular weight excluding hydrogens is 280 g/mol. The molecule has 0 saturated carbocycles. The molecule has 0 aromatic heterocycles. The van der Waals surface area contributed by atoms with E-state index in [1.54, 1.807) is 0 Å². The third kappa shape index (κ3) is 3.04. The molecule has 2 heterocycles. The van der Waals surface area contributed by atoms with Gasteiger partial charge in [-0.2, -0.15) is 0 Å². The molecule has 0 radical (unpaired) electrons. The highest BCUT2D eigenvalue weighted by atomic mass is 16.2. The van der Waals surface area contributed by atoms with Crippen LogP contribution in [0.25, 0.3) is 0 Å². The highest BCUT2D eigenvalue weighted by molar-refractivity contribution is 5.94. The molecule has 1 saturated heterocycles. The third-order valence-corrected chi connectivity index (χ3v) is 4.15. The first-order chi connectivity index (χ1) is 10.6. The van der Waals surface area contributed by atoms with Crippen molar-refractivity contribution in [1.29, 1.82) is 0 Å². The summed E-state index contributed by atoms with van der Waals surface area (Å²) in [5.74, 6) is 0.0876. The van der Waals surface area contributed by atoms with E-state index in [0.717, 1.165) is 31.7 Å². The molecule has 22 heavy (non-hydrogen) atoms. The van der Waals surface area contributed by atoms with Gasteiger partial charge < -0.3 is 4.90 Å². The Labute approximate surface area is 129 Å². The molecule has 3 rings (SSSR count). The quantitative estimate of drug-likeness (QED) is 0.860. The number of rotatable bonds is 3. The molecule has 0 N–H and O–H groups in total. The summed E-state index contributed by atoms with van der Waals surface area (Å²) in [5, 5.41) is 14.8. The van der Waals surface area contributed by atoms with Crippen LogP contribution in [0.5, 0.6) is 0 Å². The van der Waals surface area contributed by atoms with Crippen molar-refractivity contribution < 1.29 is 4.79 Å². The van der Waals surface area contributed by atoms with Crippen LogP contribution in [0.3, 0.4) is 0 Å². The van der Waals surface area contributed by atoms with Crippen molar-refractivity contribution in [1.82, 2.24) is 9.80 Å². The maximum atomic E-state index is 12.5. The molecule has 1 fully saturated rings. The smallest absolute Gasteiger partial charge is 0.253 e. The molecule has 7 heteroatoms. The summed E-state index contributed by atoms with van der Waals surface area (Å²) in [6.07, 6.45) is -0.362. The molecule has 2 aliphatic rings. The van der Waals surface area contributed by atoms with Gasteiger partial charge in [0.2, 0.25) is 6.17 Å². The monoisotopic (exact) mass is 300 g/mol. The number of amides is 1. The second-order valence-electron chi connectivity index (χ2n) is 5.83. The maximum Gasteiger partial charge on any atom is 0.253 e. The van der Waals surface area contributed by atoms with Gasteiger partial charge in [0, 0.05) is 43.3 Å². The minimum Gasteiger partial charge on any atom is -0.336 e. The summed E-state index contributed by atoms with van der Waals surface area (Å²) in [6, 6.07) is 7.93. The molecule has 0 atom stereocenters. The predicted octanol–water partition coefficient (Wildman–Crippen LogP) is 2.68. The lowest BCUT2D eigenvalue weighted by Crippen LogP contribution is -2.50. The van der Waals surface area contributed by atoms with Crippen LogP contribution < -0.4 is 0 Å². The van der Waals surface area contributed by atoms with Gasteiger partial charge in [-0.25, -0.2) is 0 Å². The highest BCUT2D eigenvalue weighted by Crippen LogP contribution is 2.24. The number of hydrogen-bond donors (Lipinski definition) is 0. The average Bonchev–Trinajstić information content (AvgIpc) is 3.09. The molecule has 0 aliphatic carbocycles. The van der Waals surface area contributed by atoms with Gasteiger partial charge >= 0.3 is 0 Å². The van der Waals surface area contributed by atoms with Crippen LogP contribution in [0, 0.1) is 0 Å². The average molecular weight is 300 g/mol. The van der Waals surface area contributed by atoms with Gasteiger partial charge in [0.05, 0.1) is 0 Å². The number of nitrogens with zero attached hydrogens (tertiary/aromatic N) is 6. The van der Waals surface area contributed by atoms with E-state index in [0.29, 0.717) is 11.6 Å². The molecule has 1 aromatic carbocycles. The maximum absolute atomic E-state index is 12.5. The van der Waals surface area contributed by atoms with Crippen molar-refractivity contribution in [2.75, 3.05) is 26.2 Å². The number of hydrogen-bond acceptors (Lipinski definition) is 6. The standard InChI is InChI=1S/C15H20N6O/c1-11(2)20-7-9-21(10-8-20)15(22)13-5-3-12(4-6-13)14-16-18-19-17-14/h3-6,11,14H,7-10H2,1-2H3. The van der Waals surface area contributed by atoms with E-state index >= 15 is 0 Å². The van der Waals surface area contributed by atoms with Crippen molar-refractivity contribution in [2.45, 2.75) is 26.1 Å². The van der Waals surface area contributed by atoms with Crippen molar-refractivity contribution in [3.8, 4) is 0 Å². The van der Waals surface area contributed by atoms with Crippen molar-refractivity contribution in [3.05, 3.63) is 35.4 Å². The number of piperazine rings is 1. The van der Waals surface area contributed by atoms with Crippen LogP contribution in [-0.4, -0.2) is 47.9 Å². The van der Waals surface area contributed by atoms with E-state index in [1.165, 1.54) is 0 Å². The fraction of sp³-hybridized carbons (Fsp3) is 0.533. The van der Waals surface area contributed by atoms with Gasteiger partial charge in [0.25, 0.3) is 5.91 Å². The van der Waals surface area contributed by atoms with E-state index in [1.807, 2.05) is 29.2 Å². The second kappa shape index (κ2) is 6.31. The van der Waals surface area contributed by atoms with Crippen LogP contribution in [-0.2, 0) is 0 Å². The van der Waals surface area contributed by atoms with Crippen molar-refractivity contribution in [3.63, 3.8) is 0 Å². The van der Waals surface area contributed by atoms with Crippen LogP contribution in [0.15, 0.2) is 44.9 Å². The molecule has 0 spiro atoms. The Bertz CT molecular complexity index is 575. The number of carbonyl (C=O) groups is 1. The van der Waals surface area contributed by atoms with Crippen molar-refractivity contribution in [2.24, 2.45) is 20.7 Å². The van der Waals surface area contributed by atoms with E-state index < -0.39 is 0 Å². The van der Waals surface area contributed by atoms with Crippen molar-refractivity contribution >= 4 is 5.91 Å². The summed E-state index contributed by atoms with van der Waals surface area (Å²) in [4.78, 5) is 16.8. The summed E-state index contributed by atoms with van der Waals surface area (Å²) in [6.45, 7) is 7.81. The Morgan fingerprint density at radius 1 is 1.05 bits per heavy atom. The molecule has 1 aromatic rings. The molecule has 1 amide bonds. The molecule has 7 nitrogen and oxygen atoms in total. The van der Waals surface area contributed by atoms with Gasteiger partial charge in [0.1, 0.15) is 0 Å². The van der Waals surface area contributed by atoms with E-state index in [4.69, 9.17) is 0 Å². The van der Waals surface area contributed by atoms with E-state index in [9.17, 15) is 4.79 Å². The zero-order valence-corrected chi connectivity index (χ0v) is 12.9. The molecule has 116 valence electrons. The summed E-state index contributed by atoms with van der Waals surface area (Å²) in [7, 11) is 0. The summed E-state index contributed by atoms with van der Waals surface area (Å²) >= 11 is 0. The normalized spacial score (nSPS) is 19.3. The molecule has 0 unspecified atom stereocenters. The van der Waals surface area contributed by atoms with Gasteiger partial charge in [-0.1, -0.05) is 12.1 Å². The lowest BCUT2D eigenvalue weighted by molar-refractivity contribution is 0.0595. The van der Waals surface area contributed by atoms with Crippen LogP contribution in [0.4, 0.5) is 0 Å². The summed E-state index contributed by atoms with van der Waals surface area (Å²) < 4.78 is 0. The van der Waals surface area contributed by atoms with Gasteiger partial charge in [-0.3, -0.25) is 9.69 Å². The topological polar surface area (TPSA) is 73.0 Å². The zero-order chi connectivity index (χ0) is 15.5. The Hall–Kier alpha value is -2.15. The first kappa shape index (κ1) is 14.8. The largest absolute Gasteiger partial charge is 0.336 e. The number of benzene rings is 1. The molecular formula is C15H20N6O. The SMILES string of the molecule is CC(C)N1CCN(C(=O)c2ccc(C3N=NN=N3)cc2)CC1. The minimum absolute atomic E-state index is 0.0876. The Kier molecular flexibility index (Phi) is 4.24. The van der Waals surface area contributed by atoms with Gasteiger partial charge in [-0.05, 0) is 36.4 Å². The minimum atomic E-state index is -0.362. The van der Waals surface area contributed by atoms with Crippen LogP contribution in [0.1, 0.15) is 35.9 Å². The lowest BCUT2D eigenvalue weighted by Gasteiger charge is -2.37. The number of carbonyl (C=O) groups excluding carboxylic acids is 1. The van der Waals surface area contributed by atoms with Gasteiger partial charge in [0.15, 0.2) is 0 Å². The fourth-order valence-electron chi connectivity index (χ4n) is 2.72. The first-order valence-electron chi connectivity index (χ1n) is 7.58. The molecule has 2 aliphatic heterocycles. The highest BCUT2D eigenvalue weighted by Gasteiger charge is 2.23. The third-order valence-electron chi connectivity index (χ3n) is 4.15. The first-order valence-corrected chi connectivity index (χ1v) is 7.58. The van der Waals surface area contributed by atoms with Crippen LogP contribution >= 0.6 is 0 Å². The van der Waals surface area contributed by atoms with Gasteiger partial charge in [-0.15, -0.1) is 10.2 Å². The Balaban J connectivity index is 1.63. The summed E-state index contributed by atoms with van der Waals surface area (Å²) in [5.41, 5.74) is 1.60. The fourth-order valence-corrected chi connectivity index (χ4v) is 2.72. The second-order valence-corrected chi connectivity index (χ2v) is 5.83. The van der Waals surface area contributed by atoms with E-state index in [-0.39, 0.29) is 12.1 Å². The predicted molar refractivity (Wildman–Crippen MR) is 81.5 cm³/mol. The Morgan fingerprint density at radius 2 is 1.64 bits per heavy atom. The zero-order valence-electron chi connectivity index (χ0n) is 12.9. The lowest BCUT2D eigenvalue weighted by atomic mass is 10.1. The van der Waals surface area contributed by atoms with Crippen LogP contribution in [0.2, 0.25) is 0 Å².